The predicted molar refractivity (Wildman–Crippen MR) is 59.2 cm³/mol. The zero-order valence-electron chi connectivity index (χ0n) is 9.34. The lowest BCUT2D eigenvalue weighted by atomic mass is 9.79. The summed E-state index contributed by atoms with van der Waals surface area (Å²) in [5.41, 5.74) is 0. The van der Waals surface area contributed by atoms with Crippen molar-refractivity contribution in [1.29, 1.82) is 0 Å². The Morgan fingerprint density at radius 3 is 2.57 bits per heavy atom. The third-order valence-corrected chi connectivity index (χ3v) is 4.92. The van der Waals surface area contributed by atoms with Crippen LogP contribution in [0.4, 0.5) is 0 Å². The first-order valence-electron chi connectivity index (χ1n) is 6.60. The van der Waals surface area contributed by atoms with Gasteiger partial charge < -0.3 is 5.32 Å². The molecule has 3 rings (SSSR count). The van der Waals surface area contributed by atoms with Crippen LogP contribution >= 0.6 is 0 Å². The van der Waals surface area contributed by atoms with E-state index in [9.17, 15) is 0 Å². The van der Waals surface area contributed by atoms with Gasteiger partial charge in [-0.3, -0.25) is 0 Å². The van der Waals surface area contributed by atoms with Crippen LogP contribution in [0.25, 0.3) is 0 Å². The highest BCUT2D eigenvalue weighted by Gasteiger charge is 2.45. The Balaban J connectivity index is 1.50. The van der Waals surface area contributed by atoms with E-state index in [0.29, 0.717) is 0 Å². The van der Waals surface area contributed by atoms with Gasteiger partial charge in [-0.2, -0.15) is 0 Å². The van der Waals surface area contributed by atoms with E-state index in [1.54, 1.807) is 0 Å². The van der Waals surface area contributed by atoms with Gasteiger partial charge in [0.1, 0.15) is 0 Å². The first kappa shape index (κ1) is 9.21. The molecular formula is C13H23N. The number of fused-ring (bicyclic) bond motifs is 1. The van der Waals surface area contributed by atoms with Gasteiger partial charge in [-0.25, -0.2) is 0 Å². The second-order valence-corrected chi connectivity index (χ2v) is 5.84. The summed E-state index contributed by atoms with van der Waals surface area (Å²) in [7, 11) is 0. The van der Waals surface area contributed by atoms with E-state index in [-0.39, 0.29) is 0 Å². The van der Waals surface area contributed by atoms with Gasteiger partial charge >= 0.3 is 0 Å². The standard InChI is InChI=1S/C13H23N/c1-9(10-4-2-5-10)14-13-7-3-6-11-8-12(11)13/h9-14H,2-8H2,1H3/t9-,11-,12+,13?/m0/s1. The van der Waals surface area contributed by atoms with Crippen LogP contribution < -0.4 is 5.32 Å². The van der Waals surface area contributed by atoms with Crippen LogP contribution in [-0.4, -0.2) is 12.1 Å². The molecule has 3 aliphatic carbocycles. The molecule has 3 saturated carbocycles. The number of nitrogens with one attached hydrogen (secondary N) is 1. The predicted octanol–water partition coefficient (Wildman–Crippen LogP) is 2.95. The molecule has 1 unspecified atom stereocenters. The minimum absolute atomic E-state index is 0.799. The fourth-order valence-electron chi connectivity index (χ4n) is 3.53. The lowest BCUT2D eigenvalue weighted by Crippen LogP contribution is -2.45. The van der Waals surface area contributed by atoms with E-state index in [1.807, 2.05) is 0 Å². The Morgan fingerprint density at radius 2 is 1.86 bits per heavy atom. The van der Waals surface area contributed by atoms with Crippen molar-refractivity contribution in [2.75, 3.05) is 0 Å². The van der Waals surface area contributed by atoms with E-state index < -0.39 is 0 Å². The van der Waals surface area contributed by atoms with Crippen molar-refractivity contribution in [2.45, 2.75) is 64.0 Å². The molecule has 0 spiro atoms. The van der Waals surface area contributed by atoms with Gasteiger partial charge in [-0.15, -0.1) is 0 Å². The van der Waals surface area contributed by atoms with Crippen molar-refractivity contribution in [3.05, 3.63) is 0 Å². The maximum atomic E-state index is 3.91. The first-order chi connectivity index (χ1) is 6.84. The molecule has 3 aliphatic rings. The summed E-state index contributed by atoms with van der Waals surface area (Å²) in [6.07, 6.45) is 10.4. The summed E-state index contributed by atoms with van der Waals surface area (Å²) in [5.74, 6) is 3.20. The number of rotatable bonds is 3. The summed E-state index contributed by atoms with van der Waals surface area (Å²) < 4.78 is 0. The molecule has 0 aromatic heterocycles. The average Bonchev–Trinajstić information content (AvgIpc) is 2.79. The molecule has 3 fully saturated rings. The number of hydrogen-bond donors (Lipinski definition) is 1. The van der Waals surface area contributed by atoms with E-state index in [2.05, 4.69) is 12.2 Å². The van der Waals surface area contributed by atoms with E-state index in [1.165, 1.54) is 44.9 Å². The topological polar surface area (TPSA) is 12.0 Å². The highest BCUT2D eigenvalue weighted by molar-refractivity contribution is 4.99. The van der Waals surface area contributed by atoms with E-state index in [4.69, 9.17) is 0 Å². The molecule has 1 heteroatoms. The maximum absolute atomic E-state index is 3.91. The van der Waals surface area contributed by atoms with Crippen molar-refractivity contribution >= 4 is 0 Å². The van der Waals surface area contributed by atoms with E-state index in [0.717, 1.165) is 29.8 Å². The molecule has 0 radical (unpaired) electrons. The van der Waals surface area contributed by atoms with Crippen LogP contribution in [0, 0.1) is 17.8 Å². The van der Waals surface area contributed by atoms with Gasteiger partial charge in [-0.1, -0.05) is 19.3 Å². The highest BCUT2D eigenvalue weighted by Crippen LogP contribution is 2.49. The molecule has 1 nitrogen and oxygen atoms in total. The van der Waals surface area contributed by atoms with Crippen LogP contribution in [-0.2, 0) is 0 Å². The van der Waals surface area contributed by atoms with Crippen LogP contribution in [0.1, 0.15) is 51.9 Å². The molecule has 0 aliphatic heterocycles. The van der Waals surface area contributed by atoms with Gasteiger partial charge in [0.05, 0.1) is 0 Å². The average molecular weight is 193 g/mol. The van der Waals surface area contributed by atoms with Crippen LogP contribution in [0.3, 0.4) is 0 Å². The van der Waals surface area contributed by atoms with Gasteiger partial charge in [0.15, 0.2) is 0 Å². The summed E-state index contributed by atoms with van der Waals surface area (Å²) in [6, 6.07) is 1.69. The summed E-state index contributed by atoms with van der Waals surface area (Å²) in [6.45, 7) is 2.41. The Bertz CT molecular complexity index is 209. The summed E-state index contributed by atoms with van der Waals surface area (Å²) in [4.78, 5) is 0. The molecule has 80 valence electrons. The molecule has 4 atom stereocenters. The molecule has 0 amide bonds. The van der Waals surface area contributed by atoms with Crippen molar-refractivity contribution in [1.82, 2.24) is 5.32 Å². The summed E-state index contributed by atoms with van der Waals surface area (Å²) in [5, 5.41) is 3.91. The number of hydrogen-bond acceptors (Lipinski definition) is 1. The van der Waals surface area contributed by atoms with Crippen LogP contribution in [0.2, 0.25) is 0 Å². The Hall–Kier alpha value is -0.0400. The highest BCUT2D eigenvalue weighted by atomic mass is 15.0. The van der Waals surface area contributed by atoms with E-state index >= 15 is 0 Å². The van der Waals surface area contributed by atoms with Crippen molar-refractivity contribution in [2.24, 2.45) is 17.8 Å². The molecular weight excluding hydrogens is 170 g/mol. The molecule has 0 aromatic carbocycles. The van der Waals surface area contributed by atoms with Gasteiger partial charge in [0.2, 0.25) is 0 Å². The minimum atomic E-state index is 0.799. The smallest absolute Gasteiger partial charge is 0.0101 e. The van der Waals surface area contributed by atoms with Gasteiger partial charge in [0, 0.05) is 12.1 Å². The molecule has 0 bridgehead atoms. The Kier molecular flexibility index (Phi) is 2.31. The normalized spacial score (nSPS) is 43.9. The zero-order chi connectivity index (χ0) is 9.54. The lowest BCUT2D eigenvalue weighted by molar-refractivity contribution is 0.207. The Labute approximate surface area is 87.7 Å². The molecule has 14 heavy (non-hydrogen) atoms. The summed E-state index contributed by atoms with van der Waals surface area (Å²) >= 11 is 0. The van der Waals surface area contributed by atoms with Crippen molar-refractivity contribution in [3.8, 4) is 0 Å². The quantitative estimate of drug-likeness (QED) is 0.726. The van der Waals surface area contributed by atoms with Gasteiger partial charge in [-0.05, 0) is 50.4 Å². The zero-order valence-corrected chi connectivity index (χ0v) is 9.34. The SMILES string of the molecule is C[C@H](NC1CCC[C@H]2C[C@@H]12)C1CCC1. The third kappa shape index (κ3) is 1.60. The van der Waals surface area contributed by atoms with Crippen molar-refractivity contribution in [3.63, 3.8) is 0 Å². The van der Waals surface area contributed by atoms with Crippen molar-refractivity contribution < 1.29 is 0 Å². The monoisotopic (exact) mass is 193 g/mol. The third-order valence-electron chi connectivity index (χ3n) is 4.92. The van der Waals surface area contributed by atoms with Crippen LogP contribution in [0.5, 0.6) is 0 Å². The molecule has 1 N–H and O–H groups in total. The lowest BCUT2D eigenvalue weighted by Gasteiger charge is -2.36. The largest absolute Gasteiger partial charge is 0.311 e. The van der Waals surface area contributed by atoms with Gasteiger partial charge in [0.25, 0.3) is 0 Å². The maximum Gasteiger partial charge on any atom is 0.0101 e. The second-order valence-electron chi connectivity index (χ2n) is 5.84. The second kappa shape index (κ2) is 3.52. The first-order valence-corrected chi connectivity index (χ1v) is 6.60. The fraction of sp³-hybridized carbons (Fsp3) is 1.00. The molecule has 0 saturated heterocycles. The minimum Gasteiger partial charge on any atom is -0.311 e. The fourth-order valence-corrected chi connectivity index (χ4v) is 3.53. The molecule has 0 aromatic rings. The van der Waals surface area contributed by atoms with Crippen LogP contribution in [0.15, 0.2) is 0 Å². The Morgan fingerprint density at radius 1 is 1.07 bits per heavy atom. The molecule has 0 heterocycles.